The van der Waals surface area contributed by atoms with Crippen LogP contribution in [-0.4, -0.2) is 47.8 Å². The minimum Gasteiger partial charge on any atom is -0.338 e. The summed E-state index contributed by atoms with van der Waals surface area (Å²) in [5, 5.41) is 7.55. The lowest BCUT2D eigenvalue weighted by atomic mass is 10.0. The summed E-state index contributed by atoms with van der Waals surface area (Å²) in [7, 11) is 2.01. The second kappa shape index (κ2) is 6.13. The molecule has 2 fully saturated rings. The average molecular weight is 282 g/mol. The minimum absolute atomic E-state index is 0.364. The van der Waals surface area contributed by atoms with Gasteiger partial charge >= 0.3 is 0 Å². The van der Waals surface area contributed by atoms with E-state index in [0.29, 0.717) is 12.0 Å². The van der Waals surface area contributed by atoms with Crippen LogP contribution in [0.3, 0.4) is 0 Å². The second-order valence-electron chi connectivity index (χ2n) is 5.37. The number of nitrogens with zero attached hydrogens (tertiary/aromatic N) is 3. The van der Waals surface area contributed by atoms with Gasteiger partial charge in [-0.25, -0.2) is 0 Å². The molecular formula is C13H22N4OS. The zero-order chi connectivity index (χ0) is 13.1. The van der Waals surface area contributed by atoms with E-state index in [1.54, 1.807) is 0 Å². The molecule has 1 N–H and O–H groups in total. The second-order valence-corrected chi connectivity index (χ2v) is 6.45. The van der Waals surface area contributed by atoms with Gasteiger partial charge in [-0.15, -0.1) is 0 Å². The highest BCUT2D eigenvalue weighted by Crippen LogP contribution is 2.32. The van der Waals surface area contributed by atoms with Gasteiger partial charge in [0.1, 0.15) is 0 Å². The van der Waals surface area contributed by atoms with E-state index < -0.39 is 0 Å². The maximum Gasteiger partial charge on any atom is 0.266 e. The van der Waals surface area contributed by atoms with E-state index in [4.69, 9.17) is 4.52 Å². The molecule has 1 aromatic heterocycles. The largest absolute Gasteiger partial charge is 0.338 e. The molecule has 0 saturated carbocycles. The van der Waals surface area contributed by atoms with Gasteiger partial charge in [-0.2, -0.15) is 16.7 Å². The molecule has 2 saturated heterocycles. The van der Waals surface area contributed by atoms with Gasteiger partial charge in [-0.3, -0.25) is 0 Å². The van der Waals surface area contributed by atoms with E-state index in [0.717, 1.165) is 36.4 Å². The molecule has 0 amide bonds. The van der Waals surface area contributed by atoms with Gasteiger partial charge in [-0.1, -0.05) is 12.8 Å². The summed E-state index contributed by atoms with van der Waals surface area (Å²) in [6, 6.07) is 0.461. The van der Waals surface area contributed by atoms with Crippen molar-refractivity contribution in [2.45, 2.75) is 37.6 Å². The SMILES string of the molecule is CNC1CSCC1c1nc(N2CCCCCC2)no1. The molecule has 19 heavy (non-hydrogen) atoms. The first kappa shape index (κ1) is 13.2. The molecule has 2 unspecified atom stereocenters. The van der Waals surface area contributed by atoms with Gasteiger partial charge in [0.15, 0.2) is 0 Å². The first-order chi connectivity index (χ1) is 9.38. The van der Waals surface area contributed by atoms with Crippen LogP contribution < -0.4 is 10.2 Å². The van der Waals surface area contributed by atoms with Crippen molar-refractivity contribution in [3.63, 3.8) is 0 Å². The Labute approximate surface area is 118 Å². The van der Waals surface area contributed by atoms with Crippen LogP contribution in [0.5, 0.6) is 0 Å². The van der Waals surface area contributed by atoms with Gasteiger partial charge in [-0.05, 0) is 25.0 Å². The van der Waals surface area contributed by atoms with E-state index in [-0.39, 0.29) is 0 Å². The van der Waals surface area contributed by atoms with E-state index in [1.807, 2.05) is 18.8 Å². The smallest absolute Gasteiger partial charge is 0.266 e. The molecule has 2 aliphatic rings. The predicted molar refractivity (Wildman–Crippen MR) is 77.9 cm³/mol. The van der Waals surface area contributed by atoms with Crippen molar-refractivity contribution in [3.8, 4) is 0 Å². The molecule has 2 aliphatic heterocycles. The van der Waals surface area contributed by atoms with Gasteiger partial charge in [0.2, 0.25) is 5.89 Å². The summed E-state index contributed by atoms with van der Waals surface area (Å²) in [5.74, 6) is 4.17. The van der Waals surface area contributed by atoms with Crippen LogP contribution in [-0.2, 0) is 0 Å². The Kier molecular flexibility index (Phi) is 4.28. The Morgan fingerprint density at radius 1 is 1.21 bits per heavy atom. The zero-order valence-electron chi connectivity index (χ0n) is 11.5. The fourth-order valence-corrected chi connectivity index (χ4v) is 4.28. The van der Waals surface area contributed by atoms with Gasteiger partial charge in [0.05, 0.1) is 5.92 Å². The number of likely N-dealkylation sites (N-methyl/N-ethyl adjacent to an activating group) is 1. The molecule has 5 nitrogen and oxygen atoms in total. The van der Waals surface area contributed by atoms with Gasteiger partial charge in [0, 0.05) is 30.6 Å². The Hall–Kier alpha value is -0.750. The molecule has 1 aromatic rings. The topological polar surface area (TPSA) is 54.2 Å². The van der Waals surface area contributed by atoms with Crippen molar-refractivity contribution >= 4 is 17.7 Å². The van der Waals surface area contributed by atoms with Crippen LogP contribution in [0, 0.1) is 0 Å². The number of hydrogen-bond donors (Lipinski definition) is 1. The van der Waals surface area contributed by atoms with Crippen LogP contribution >= 0.6 is 11.8 Å². The maximum atomic E-state index is 5.52. The normalized spacial score (nSPS) is 28.6. The third-order valence-electron chi connectivity index (χ3n) is 4.09. The number of rotatable bonds is 3. The van der Waals surface area contributed by atoms with Crippen LogP contribution in [0.25, 0.3) is 0 Å². The van der Waals surface area contributed by atoms with Crippen LogP contribution in [0.1, 0.15) is 37.5 Å². The number of aromatic nitrogens is 2. The molecule has 3 rings (SSSR count). The van der Waals surface area contributed by atoms with E-state index >= 15 is 0 Å². The van der Waals surface area contributed by atoms with Crippen molar-refractivity contribution in [1.29, 1.82) is 0 Å². The quantitative estimate of drug-likeness (QED) is 0.913. The standard InChI is InChI=1S/C13H22N4OS/c1-14-11-9-19-8-10(11)12-15-13(16-18-12)17-6-4-2-3-5-7-17/h10-11,14H,2-9H2,1H3. The average Bonchev–Trinajstić information content (AvgIpc) is 3.01. The lowest BCUT2D eigenvalue weighted by Crippen LogP contribution is -2.31. The van der Waals surface area contributed by atoms with Crippen LogP contribution in [0.15, 0.2) is 4.52 Å². The highest BCUT2D eigenvalue weighted by molar-refractivity contribution is 7.99. The van der Waals surface area contributed by atoms with Gasteiger partial charge < -0.3 is 14.7 Å². The number of nitrogens with one attached hydrogen (secondary N) is 1. The first-order valence-electron chi connectivity index (χ1n) is 7.22. The Morgan fingerprint density at radius 2 is 2.00 bits per heavy atom. The summed E-state index contributed by atoms with van der Waals surface area (Å²) < 4.78 is 5.52. The lowest BCUT2D eigenvalue weighted by Gasteiger charge is -2.17. The predicted octanol–water partition coefficient (Wildman–Crippen LogP) is 1.87. The van der Waals surface area contributed by atoms with Crippen molar-refractivity contribution in [2.24, 2.45) is 0 Å². The monoisotopic (exact) mass is 282 g/mol. The molecular weight excluding hydrogens is 260 g/mol. The Balaban J connectivity index is 1.71. The molecule has 106 valence electrons. The first-order valence-corrected chi connectivity index (χ1v) is 8.37. The fraction of sp³-hybridized carbons (Fsp3) is 0.846. The van der Waals surface area contributed by atoms with Gasteiger partial charge in [0.25, 0.3) is 5.95 Å². The molecule has 0 aromatic carbocycles. The summed E-state index contributed by atoms with van der Waals surface area (Å²) in [6.45, 7) is 2.13. The highest BCUT2D eigenvalue weighted by Gasteiger charge is 2.33. The van der Waals surface area contributed by atoms with Crippen LogP contribution in [0.4, 0.5) is 5.95 Å². The fourth-order valence-electron chi connectivity index (χ4n) is 2.86. The van der Waals surface area contributed by atoms with Crippen molar-refractivity contribution < 1.29 is 4.52 Å². The Morgan fingerprint density at radius 3 is 2.74 bits per heavy atom. The highest BCUT2D eigenvalue weighted by atomic mass is 32.2. The third kappa shape index (κ3) is 2.89. The number of anilines is 1. The maximum absolute atomic E-state index is 5.52. The third-order valence-corrected chi connectivity index (χ3v) is 5.28. The van der Waals surface area contributed by atoms with E-state index in [1.165, 1.54) is 25.7 Å². The van der Waals surface area contributed by atoms with E-state index in [9.17, 15) is 0 Å². The summed E-state index contributed by atoms with van der Waals surface area (Å²) in [4.78, 5) is 6.92. The molecule has 0 spiro atoms. The molecule has 0 bridgehead atoms. The number of hydrogen-bond acceptors (Lipinski definition) is 6. The number of thioether (sulfide) groups is 1. The van der Waals surface area contributed by atoms with Crippen LogP contribution in [0.2, 0.25) is 0 Å². The lowest BCUT2D eigenvalue weighted by molar-refractivity contribution is 0.343. The summed E-state index contributed by atoms with van der Waals surface area (Å²) in [5.41, 5.74) is 0. The molecule has 6 heteroatoms. The summed E-state index contributed by atoms with van der Waals surface area (Å²) in [6.07, 6.45) is 5.12. The van der Waals surface area contributed by atoms with E-state index in [2.05, 4.69) is 20.4 Å². The van der Waals surface area contributed by atoms with Crippen molar-refractivity contribution in [2.75, 3.05) is 36.5 Å². The molecule has 0 aliphatic carbocycles. The zero-order valence-corrected chi connectivity index (χ0v) is 12.3. The molecule has 2 atom stereocenters. The minimum atomic E-state index is 0.364. The summed E-state index contributed by atoms with van der Waals surface area (Å²) >= 11 is 1.95. The Bertz CT molecular complexity index is 403. The molecule has 0 radical (unpaired) electrons. The molecule has 3 heterocycles. The van der Waals surface area contributed by atoms with Crippen molar-refractivity contribution in [1.82, 2.24) is 15.5 Å². The van der Waals surface area contributed by atoms with Crippen molar-refractivity contribution in [3.05, 3.63) is 5.89 Å².